The Morgan fingerprint density at radius 3 is 3.20 bits per heavy atom. The molecule has 0 amide bonds. The van der Waals surface area contributed by atoms with Crippen LogP contribution in [-0.4, -0.2) is 41.3 Å². The van der Waals surface area contributed by atoms with Crippen molar-refractivity contribution < 1.29 is 9.26 Å². The smallest absolute Gasteiger partial charge is 0.227 e. The highest BCUT2D eigenvalue weighted by atomic mass is 32.2. The molecule has 0 spiro atoms. The molecule has 0 aliphatic carbocycles. The number of rotatable bonds is 4. The van der Waals surface area contributed by atoms with Crippen molar-refractivity contribution in [3.8, 4) is 0 Å². The van der Waals surface area contributed by atoms with Crippen molar-refractivity contribution in [1.29, 1.82) is 0 Å². The normalized spacial score (nSPS) is 29.2. The summed E-state index contributed by atoms with van der Waals surface area (Å²) in [6.07, 6.45) is 3.46. The van der Waals surface area contributed by atoms with Gasteiger partial charge in [-0.2, -0.15) is 16.7 Å². The van der Waals surface area contributed by atoms with Crippen LogP contribution in [0.15, 0.2) is 4.52 Å². The first-order chi connectivity index (χ1) is 9.83. The van der Waals surface area contributed by atoms with Crippen LogP contribution >= 0.6 is 11.8 Å². The molecule has 3 heterocycles. The Labute approximate surface area is 124 Å². The SMILES string of the molecule is CC(Cc1nc(C2CSCCO2)no1)C1CCCNC1. The first-order valence-corrected chi connectivity index (χ1v) is 8.71. The van der Waals surface area contributed by atoms with E-state index in [0.717, 1.165) is 55.3 Å². The van der Waals surface area contributed by atoms with Gasteiger partial charge in [0, 0.05) is 17.9 Å². The Bertz CT molecular complexity index is 414. The molecule has 3 rings (SSSR count). The summed E-state index contributed by atoms with van der Waals surface area (Å²) < 4.78 is 11.1. The Balaban J connectivity index is 1.56. The molecule has 0 aromatic carbocycles. The van der Waals surface area contributed by atoms with Crippen LogP contribution in [0.4, 0.5) is 0 Å². The van der Waals surface area contributed by atoms with E-state index in [1.54, 1.807) is 0 Å². The Kier molecular flexibility index (Phi) is 4.96. The van der Waals surface area contributed by atoms with Crippen molar-refractivity contribution in [3.05, 3.63) is 11.7 Å². The fourth-order valence-electron chi connectivity index (χ4n) is 2.93. The molecule has 20 heavy (non-hydrogen) atoms. The van der Waals surface area contributed by atoms with Crippen LogP contribution in [0.1, 0.15) is 37.6 Å². The maximum atomic E-state index is 5.68. The van der Waals surface area contributed by atoms with E-state index in [1.165, 1.54) is 12.8 Å². The molecule has 2 aliphatic rings. The van der Waals surface area contributed by atoms with E-state index in [9.17, 15) is 0 Å². The molecule has 0 saturated carbocycles. The summed E-state index contributed by atoms with van der Waals surface area (Å²) in [5, 5.41) is 7.57. The lowest BCUT2D eigenvalue weighted by molar-refractivity contribution is 0.0677. The predicted octanol–water partition coefficient (Wildman–Crippen LogP) is 2.05. The van der Waals surface area contributed by atoms with Gasteiger partial charge in [0.2, 0.25) is 11.7 Å². The summed E-state index contributed by atoms with van der Waals surface area (Å²) in [6, 6.07) is 0. The average Bonchev–Trinajstić information content (AvgIpc) is 2.97. The Morgan fingerprint density at radius 1 is 1.50 bits per heavy atom. The molecule has 6 heteroatoms. The van der Waals surface area contributed by atoms with Crippen molar-refractivity contribution in [1.82, 2.24) is 15.5 Å². The summed E-state index contributed by atoms with van der Waals surface area (Å²) in [5.74, 6) is 4.78. The quantitative estimate of drug-likeness (QED) is 0.918. The van der Waals surface area contributed by atoms with Crippen molar-refractivity contribution >= 4 is 11.8 Å². The van der Waals surface area contributed by atoms with Crippen LogP contribution in [0.25, 0.3) is 0 Å². The van der Waals surface area contributed by atoms with E-state index in [0.29, 0.717) is 5.92 Å². The molecule has 5 nitrogen and oxygen atoms in total. The molecule has 2 aliphatic heterocycles. The summed E-state index contributed by atoms with van der Waals surface area (Å²) in [5.41, 5.74) is 0. The van der Waals surface area contributed by atoms with E-state index in [2.05, 4.69) is 22.4 Å². The van der Waals surface area contributed by atoms with Crippen LogP contribution in [0.5, 0.6) is 0 Å². The van der Waals surface area contributed by atoms with Crippen LogP contribution in [0.3, 0.4) is 0 Å². The van der Waals surface area contributed by atoms with E-state index in [-0.39, 0.29) is 6.10 Å². The van der Waals surface area contributed by atoms with E-state index < -0.39 is 0 Å². The summed E-state index contributed by atoms with van der Waals surface area (Å²) in [4.78, 5) is 4.53. The fourth-order valence-corrected chi connectivity index (χ4v) is 3.77. The third-order valence-corrected chi connectivity index (χ3v) is 5.22. The van der Waals surface area contributed by atoms with E-state index in [1.807, 2.05) is 11.8 Å². The standard InChI is InChI=1S/C14H23N3O2S/c1-10(11-3-2-4-15-8-11)7-13-16-14(17-19-13)12-9-20-6-5-18-12/h10-12,15H,2-9H2,1H3. The maximum Gasteiger partial charge on any atom is 0.227 e. The minimum atomic E-state index is 0.0119. The number of ether oxygens (including phenoxy) is 1. The maximum absolute atomic E-state index is 5.68. The van der Waals surface area contributed by atoms with Gasteiger partial charge in [-0.25, -0.2) is 0 Å². The number of nitrogens with one attached hydrogen (secondary N) is 1. The molecule has 1 aromatic rings. The fraction of sp³-hybridized carbons (Fsp3) is 0.857. The minimum Gasteiger partial charge on any atom is -0.368 e. The second-order valence-electron chi connectivity index (χ2n) is 5.77. The Hall–Kier alpha value is -0.590. The van der Waals surface area contributed by atoms with E-state index in [4.69, 9.17) is 9.26 Å². The van der Waals surface area contributed by atoms with Crippen LogP contribution in [0.2, 0.25) is 0 Å². The summed E-state index contributed by atoms with van der Waals surface area (Å²) in [7, 11) is 0. The van der Waals surface area contributed by atoms with Gasteiger partial charge in [0.25, 0.3) is 0 Å². The van der Waals surface area contributed by atoms with Crippen LogP contribution in [-0.2, 0) is 11.2 Å². The molecule has 3 unspecified atom stereocenters. The zero-order valence-electron chi connectivity index (χ0n) is 12.0. The van der Waals surface area contributed by atoms with Crippen molar-refractivity contribution in [2.24, 2.45) is 11.8 Å². The van der Waals surface area contributed by atoms with Gasteiger partial charge in [0.05, 0.1) is 6.61 Å². The third kappa shape index (κ3) is 3.54. The first kappa shape index (κ1) is 14.4. The number of nitrogens with zero attached hydrogens (tertiary/aromatic N) is 2. The molecule has 2 saturated heterocycles. The van der Waals surface area contributed by atoms with Gasteiger partial charge < -0.3 is 14.6 Å². The highest BCUT2D eigenvalue weighted by molar-refractivity contribution is 7.99. The zero-order valence-corrected chi connectivity index (χ0v) is 12.8. The molecule has 3 atom stereocenters. The number of piperidine rings is 1. The molecule has 0 radical (unpaired) electrons. The number of hydrogen-bond donors (Lipinski definition) is 1. The highest BCUT2D eigenvalue weighted by Crippen LogP contribution is 2.26. The second-order valence-corrected chi connectivity index (χ2v) is 6.92. The Morgan fingerprint density at radius 2 is 2.45 bits per heavy atom. The van der Waals surface area contributed by atoms with Crippen LogP contribution in [0, 0.1) is 11.8 Å². The monoisotopic (exact) mass is 297 g/mol. The summed E-state index contributed by atoms with van der Waals surface area (Å²) >= 11 is 1.89. The van der Waals surface area contributed by atoms with Gasteiger partial charge in [-0.05, 0) is 37.8 Å². The zero-order chi connectivity index (χ0) is 13.8. The average molecular weight is 297 g/mol. The van der Waals surface area contributed by atoms with Gasteiger partial charge in [-0.15, -0.1) is 0 Å². The van der Waals surface area contributed by atoms with Gasteiger partial charge in [-0.3, -0.25) is 0 Å². The van der Waals surface area contributed by atoms with Gasteiger partial charge in [-0.1, -0.05) is 12.1 Å². The van der Waals surface area contributed by atoms with Crippen molar-refractivity contribution in [2.75, 3.05) is 31.2 Å². The lowest BCUT2D eigenvalue weighted by atomic mass is 9.85. The van der Waals surface area contributed by atoms with Crippen molar-refractivity contribution in [2.45, 2.75) is 32.3 Å². The van der Waals surface area contributed by atoms with Crippen molar-refractivity contribution in [3.63, 3.8) is 0 Å². The summed E-state index contributed by atoms with van der Waals surface area (Å²) in [6.45, 7) is 5.34. The minimum absolute atomic E-state index is 0.0119. The number of aromatic nitrogens is 2. The molecule has 1 aromatic heterocycles. The number of thioether (sulfide) groups is 1. The third-order valence-electron chi connectivity index (χ3n) is 4.22. The second kappa shape index (κ2) is 6.91. The molecule has 2 fully saturated rings. The first-order valence-electron chi connectivity index (χ1n) is 7.55. The van der Waals surface area contributed by atoms with Crippen LogP contribution < -0.4 is 5.32 Å². The van der Waals surface area contributed by atoms with E-state index >= 15 is 0 Å². The highest BCUT2D eigenvalue weighted by Gasteiger charge is 2.25. The largest absolute Gasteiger partial charge is 0.368 e. The molecular weight excluding hydrogens is 274 g/mol. The molecule has 112 valence electrons. The van der Waals surface area contributed by atoms with Gasteiger partial charge in [0.1, 0.15) is 6.10 Å². The molecule has 1 N–H and O–H groups in total. The lowest BCUT2D eigenvalue weighted by Crippen LogP contribution is -2.33. The lowest BCUT2D eigenvalue weighted by Gasteiger charge is -2.27. The topological polar surface area (TPSA) is 60.2 Å². The number of hydrogen-bond acceptors (Lipinski definition) is 6. The molecule has 0 bridgehead atoms. The van der Waals surface area contributed by atoms with Gasteiger partial charge >= 0.3 is 0 Å². The molecular formula is C14H23N3O2S. The van der Waals surface area contributed by atoms with Gasteiger partial charge in [0.15, 0.2) is 0 Å². The predicted molar refractivity (Wildman–Crippen MR) is 78.8 cm³/mol.